The Hall–Kier alpha value is -2.28. The van der Waals surface area contributed by atoms with Gasteiger partial charge >= 0.3 is 0 Å². The van der Waals surface area contributed by atoms with E-state index in [9.17, 15) is 4.79 Å². The van der Waals surface area contributed by atoms with Crippen LogP contribution in [0.25, 0.3) is 0 Å². The van der Waals surface area contributed by atoms with E-state index < -0.39 is 0 Å². The molecule has 0 fully saturated rings. The largest absolute Gasteiger partial charge is 0.390 e. The van der Waals surface area contributed by atoms with Crippen molar-refractivity contribution in [3.05, 3.63) is 41.1 Å². The van der Waals surface area contributed by atoms with Gasteiger partial charge in [0.05, 0.1) is 0 Å². The second kappa shape index (κ2) is 8.80. The Kier molecular flexibility index (Phi) is 7.03. The lowest BCUT2D eigenvalue weighted by molar-refractivity contribution is -0.112. The zero-order chi connectivity index (χ0) is 15.7. The molecule has 112 valence electrons. The third kappa shape index (κ3) is 4.64. The summed E-state index contributed by atoms with van der Waals surface area (Å²) >= 11 is 0. The maximum absolute atomic E-state index is 12.2. The second-order valence-corrected chi connectivity index (χ2v) is 4.74. The number of amides is 1. The molecule has 2 N–H and O–H groups in total. The molecule has 0 saturated heterocycles. The van der Waals surface area contributed by atoms with Gasteiger partial charge < -0.3 is 10.6 Å². The lowest BCUT2D eigenvalue weighted by Crippen LogP contribution is -2.18. The maximum atomic E-state index is 12.2. The third-order valence-corrected chi connectivity index (χ3v) is 3.24. The highest BCUT2D eigenvalue weighted by Crippen LogP contribution is 2.23. The third-order valence-electron chi connectivity index (χ3n) is 3.24. The number of aryl methyl sites for hydroxylation is 2. The van der Waals surface area contributed by atoms with E-state index in [0.29, 0.717) is 0 Å². The maximum Gasteiger partial charge on any atom is 0.267 e. The highest BCUT2D eigenvalue weighted by atomic mass is 16.1. The van der Waals surface area contributed by atoms with Crippen LogP contribution in [0.15, 0.2) is 30.0 Å². The first-order chi connectivity index (χ1) is 10.2. The van der Waals surface area contributed by atoms with Crippen molar-refractivity contribution in [3.63, 3.8) is 0 Å². The van der Waals surface area contributed by atoms with Crippen LogP contribution in [0.4, 0.5) is 5.69 Å². The van der Waals surface area contributed by atoms with Gasteiger partial charge in [0.25, 0.3) is 5.91 Å². The molecule has 0 heterocycles. The van der Waals surface area contributed by atoms with Crippen LogP contribution in [0.5, 0.6) is 0 Å². The van der Waals surface area contributed by atoms with Crippen molar-refractivity contribution in [2.24, 2.45) is 0 Å². The van der Waals surface area contributed by atoms with Gasteiger partial charge in [-0.05, 0) is 30.4 Å². The number of anilines is 1. The molecule has 1 rings (SSSR count). The predicted molar refractivity (Wildman–Crippen MR) is 85.8 cm³/mol. The number of carbonyl (C=O) groups excluding carboxylic acids is 1. The smallest absolute Gasteiger partial charge is 0.267 e. The summed E-state index contributed by atoms with van der Waals surface area (Å²) in [5, 5.41) is 15.0. The predicted octanol–water partition coefficient (Wildman–Crippen LogP) is 3.16. The number of hydrogen-bond acceptors (Lipinski definition) is 3. The van der Waals surface area contributed by atoms with Gasteiger partial charge in [-0.2, -0.15) is 5.26 Å². The monoisotopic (exact) mass is 285 g/mol. The van der Waals surface area contributed by atoms with Gasteiger partial charge in [0.15, 0.2) is 0 Å². The summed E-state index contributed by atoms with van der Waals surface area (Å²) in [5.41, 5.74) is 3.10. The Labute approximate surface area is 126 Å². The van der Waals surface area contributed by atoms with Gasteiger partial charge in [-0.1, -0.05) is 39.0 Å². The van der Waals surface area contributed by atoms with Crippen molar-refractivity contribution in [2.45, 2.75) is 40.0 Å². The van der Waals surface area contributed by atoms with Crippen molar-refractivity contribution in [1.82, 2.24) is 5.32 Å². The fourth-order valence-corrected chi connectivity index (χ4v) is 2.05. The quantitative estimate of drug-likeness (QED) is 0.459. The Morgan fingerprint density at radius 3 is 2.33 bits per heavy atom. The van der Waals surface area contributed by atoms with E-state index in [2.05, 4.69) is 10.6 Å². The second-order valence-electron chi connectivity index (χ2n) is 4.74. The number of para-hydroxylation sites is 1. The Bertz CT molecular complexity index is 533. The summed E-state index contributed by atoms with van der Waals surface area (Å²) in [6, 6.07) is 7.94. The number of benzene rings is 1. The van der Waals surface area contributed by atoms with E-state index in [1.165, 1.54) is 6.20 Å². The van der Waals surface area contributed by atoms with Crippen LogP contribution in [0.2, 0.25) is 0 Å². The summed E-state index contributed by atoms with van der Waals surface area (Å²) in [4.78, 5) is 12.2. The molecule has 21 heavy (non-hydrogen) atoms. The van der Waals surface area contributed by atoms with E-state index in [1.54, 1.807) is 0 Å². The molecular weight excluding hydrogens is 262 g/mol. The zero-order valence-corrected chi connectivity index (χ0v) is 13.0. The van der Waals surface area contributed by atoms with Crippen LogP contribution < -0.4 is 10.6 Å². The van der Waals surface area contributed by atoms with Gasteiger partial charge in [-0.15, -0.1) is 0 Å². The van der Waals surface area contributed by atoms with Crippen LogP contribution in [-0.2, 0) is 17.6 Å². The molecule has 1 amide bonds. The van der Waals surface area contributed by atoms with Gasteiger partial charge in [0, 0.05) is 18.4 Å². The number of rotatable bonds is 7. The molecule has 0 saturated carbocycles. The molecule has 1 aromatic rings. The van der Waals surface area contributed by atoms with Crippen LogP contribution in [0.1, 0.15) is 38.3 Å². The van der Waals surface area contributed by atoms with Crippen LogP contribution >= 0.6 is 0 Å². The molecule has 0 unspecified atom stereocenters. The molecule has 1 aromatic carbocycles. The topological polar surface area (TPSA) is 64.9 Å². The van der Waals surface area contributed by atoms with Crippen molar-refractivity contribution >= 4 is 11.6 Å². The number of carbonyl (C=O) groups is 1. The Morgan fingerprint density at radius 1 is 1.24 bits per heavy atom. The first-order valence-electron chi connectivity index (χ1n) is 7.43. The molecule has 0 radical (unpaired) electrons. The summed E-state index contributed by atoms with van der Waals surface area (Å²) in [6.45, 7) is 6.87. The molecule has 0 aliphatic heterocycles. The molecule has 4 nitrogen and oxygen atoms in total. The molecule has 0 atom stereocenters. The fraction of sp³-hybridized carbons (Fsp3) is 0.412. The molecule has 0 spiro atoms. The van der Waals surface area contributed by atoms with E-state index in [4.69, 9.17) is 5.26 Å². The van der Waals surface area contributed by atoms with Crippen LogP contribution in [-0.4, -0.2) is 12.5 Å². The van der Waals surface area contributed by atoms with Crippen molar-refractivity contribution in [1.29, 1.82) is 5.26 Å². The van der Waals surface area contributed by atoms with E-state index >= 15 is 0 Å². The van der Waals surface area contributed by atoms with E-state index in [-0.39, 0.29) is 11.5 Å². The summed E-state index contributed by atoms with van der Waals surface area (Å²) in [5.74, 6) is -0.364. The SMILES string of the molecule is CCCN/C=C(/C#N)C(=O)Nc1c(CC)cccc1CC. The van der Waals surface area contributed by atoms with Crippen molar-refractivity contribution in [3.8, 4) is 6.07 Å². The minimum absolute atomic E-state index is 0.0939. The number of hydrogen-bond donors (Lipinski definition) is 2. The first kappa shape index (κ1) is 16.8. The van der Waals surface area contributed by atoms with Gasteiger partial charge in [0.2, 0.25) is 0 Å². The molecule has 0 aliphatic rings. The standard InChI is InChI=1S/C17H23N3O/c1-4-10-19-12-15(11-18)17(21)20-16-13(5-2)8-7-9-14(16)6-3/h7-9,12,19H,4-6,10H2,1-3H3,(H,20,21)/b15-12-. The molecule has 0 bridgehead atoms. The van der Waals surface area contributed by atoms with Crippen LogP contribution in [0, 0.1) is 11.3 Å². The zero-order valence-electron chi connectivity index (χ0n) is 13.0. The molecule has 4 heteroatoms. The van der Waals surface area contributed by atoms with Crippen molar-refractivity contribution in [2.75, 3.05) is 11.9 Å². The van der Waals surface area contributed by atoms with Gasteiger partial charge in [0.1, 0.15) is 11.6 Å². The summed E-state index contributed by atoms with van der Waals surface area (Å²) in [6.07, 6.45) is 4.10. The molecule has 0 aromatic heterocycles. The highest BCUT2D eigenvalue weighted by molar-refractivity contribution is 6.07. The van der Waals surface area contributed by atoms with E-state index in [0.717, 1.165) is 42.6 Å². The summed E-state index contributed by atoms with van der Waals surface area (Å²) in [7, 11) is 0. The van der Waals surface area contributed by atoms with E-state index in [1.807, 2.05) is 45.0 Å². The highest BCUT2D eigenvalue weighted by Gasteiger charge is 2.13. The Balaban J connectivity index is 2.97. The Morgan fingerprint density at radius 2 is 1.86 bits per heavy atom. The summed E-state index contributed by atoms with van der Waals surface area (Å²) < 4.78 is 0. The molecule has 0 aliphatic carbocycles. The van der Waals surface area contributed by atoms with Crippen LogP contribution in [0.3, 0.4) is 0 Å². The number of nitrogens with one attached hydrogen (secondary N) is 2. The average Bonchev–Trinajstić information content (AvgIpc) is 2.51. The lowest BCUT2D eigenvalue weighted by atomic mass is 10.0. The van der Waals surface area contributed by atoms with Gasteiger partial charge in [-0.3, -0.25) is 4.79 Å². The average molecular weight is 285 g/mol. The minimum atomic E-state index is -0.364. The first-order valence-corrected chi connectivity index (χ1v) is 7.43. The number of nitriles is 1. The molecular formula is C17H23N3O. The van der Waals surface area contributed by atoms with Gasteiger partial charge in [-0.25, -0.2) is 0 Å². The van der Waals surface area contributed by atoms with Crippen molar-refractivity contribution < 1.29 is 4.79 Å². The fourth-order valence-electron chi connectivity index (χ4n) is 2.05. The lowest BCUT2D eigenvalue weighted by Gasteiger charge is -2.14. The number of nitrogens with zero attached hydrogens (tertiary/aromatic N) is 1. The normalized spacial score (nSPS) is 10.9. The minimum Gasteiger partial charge on any atom is -0.390 e.